The van der Waals surface area contributed by atoms with Crippen LogP contribution in [0.3, 0.4) is 0 Å². The molecule has 1 fully saturated rings. The van der Waals surface area contributed by atoms with Gasteiger partial charge in [0, 0.05) is 37.5 Å². The van der Waals surface area contributed by atoms with Gasteiger partial charge in [0.05, 0.1) is 0 Å². The number of guanidine groups is 1. The molecule has 1 saturated heterocycles. The lowest BCUT2D eigenvalue weighted by Gasteiger charge is -2.32. The van der Waals surface area contributed by atoms with Gasteiger partial charge in [0.25, 0.3) is 0 Å². The van der Waals surface area contributed by atoms with Crippen molar-refractivity contribution in [1.29, 1.82) is 0 Å². The lowest BCUT2D eigenvalue weighted by atomic mass is 9.98. The van der Waals surface area contributed by atoms with Crippen LogP contribution >= 0.6 is 11.3 Å². The Morgan fingerprint density at radius 2 is 2.36 bits per heavy atom. The number of likely N-dealkylation sites (tertiary alicyclic amines) is 1. The molecular formula is C17H30N4S. The van der Waals surface area contributed by atoms with Gasteiger partial charge in [-0.15, -0.1) is 11.3 Å². The van der Waals surface area contributed by atoms with Crippen LogP contribution in [0, 0.1) is 5.92 Å². The van der Waals surface area contributed by atoms with E-state index >= 15 is 0 Å². The average molecular weight is 323 g/mol. The molecule has 2 unspecified atom stereocenters. The largest absolute Gasteiger partial charge is 0.356 e. The van der Waals surface area contributed by atoms with Crippen LogP contribution in [0.4, 0.5) is 0 Å². The third-order valence-corrected chi connectivity index (χ3v) is 5.54. The van der Waals surface area contributed by atoms with Crippen LogP contribution < -0.4 is 10.6 Å². The summed E-state index contributed by atoms with van der Waals surface area (Å²) in [5.41, 5.74) is 0. The minimum Gasteiger partial charge on any atom is -0.356 e. The highest BCUT2D eigenvalue weighted by molar-refractivity contribution is 7.10. The highest BCUT2D eigenvalue weighted by atomic mass is 32.1. The Bertz CT molecular complexity index is 444. The van der Waals surface area contributed by atoms with E-state index in [-0.39, 0.29) is 0 Å². The highest BCUT2D eigenvalue weighted by Crippen LogP contribution is 2.19. The average Bonchev–Trinajstić information content (AvgIpc) is 3.09. The van der Waals surface area contributed by atoms with Crippen LogP contribution in [0.2, 0.25) is 0 Å². The molecule has 2 rings (SSSR count). The van der Waals surface area contributed by atoms with Crippen molar-refractivity contribution < 1.29 is 0 Å². The minimum atomic E-state index is 0.517. The fourth-order valence-corrected chi connectivity index (χ4v) is 3.78. The van der Waals surface area contributed by atoms with Gasteiger partial charge in [-0.3, -0.25) is 4.99 Å². The molecule has 2 atom stereocenters. The summed E-state index contributed by atoms with van der Waals surface area (Å²) in [6, 6.07) is 4.32. The van der Waals surface area contributed by atoms with E-state index in [1.807, 2.05) is 18.4 Å². The molecular weight excluding hydrogens is 292 g/mol. The van der Waals surface area contributed by atoms with Crippen LogP contribution in [0.15, 0.2) is 22.5 Å². The van der Waals surface area contributed by atoms with E-state index < -0.39 is 0 Å². The number of hydrogen-bond acceptors (Lipinski definition) is 3. The number of thiophene rings is 1. The van der Waals surface area contributed by atoms with Crippen LogP contribution in [0.5, 0.6) is 0 Å². The minimum absolute atomic E-state index is 0.517. The number of rotatable bonds is 6. The van der Waals surface area contributed by atoms with E-state index in [0.29, 0.717) is 5.92 Å². The van der Waals surface area contributed by atoms with E-state index in [9.17, 15) is 0 Å². The van der Waals surface area contributed by atoms with E-state index in [0.717, 1.165) is 25.0 Å². The molecule has 22 heavy (non-hydrogen) atoms. The van der Waals surface area contributed by atoms with E-state index in [1.54, 1.807) is 0 Å². The Labute approximate surface area is 139 Å². The molecule has 124 valence electrons. The summed E-state index contributed by atoms with van der Waals surface area (Å²) in [7, 11) is 1.85. The van der Waals surface area contributed by atoms with Crippen LogP contribution in [0.1, 0.15) is 37.5 Å². The summed E-state index contributed by atoms with van der Waals surface area (Å²) in [5.74, 6) is 2.18. The Morgan fingerprint density at radius 1 is 1.50 bits per heavy atom. The molecule has 0 saturated carbocycles. The predicted molar refractivity (Wildman–Crippen MR) is 96.9 cm³/mol. The van der Waals surface area contributed by atoms with E-state index in [4.69, 9.17) is 0 Å². The monoisotopic (exact) mass is 322 g/mol. The van der Waals surface area contributed by atoms with Gasteiger partial charge < -0.3 is 15.5 Å². The van der Waals surface area contributed by atoms with Crippen LogP contribution in [-0.2, 0) is 0 Å². The van der Waals surface area contributed by atoms with E-state index in [2.05, 4.69) is 51.9 Å². The first-order valence-corrected chi connectivity index (χ1v) is 9.31. The third-order valence-electron chi connectivity index (χ3n) is 4.44. The fourth-order valence-electron chi connectivity index (χ4n) is 2.99. The maximum absolute atomic E-state index is 4.35. The zero-order valence-corrected chi connectivity index (χ0v) is 15.0. The Balaban J connectivity index is 1.71. The molecule has 1 aliphatic rings. The molecule has 2 heterocycles. The van der Waals surface area contributed by atoms with Crippen molar-refractivity contribution in [2.45, 2.75) is 32.6 Å². The van der Waals surface area contributed by atoms with Crippen molar-refractivity contribution in [1.82, 2.24) is 15.5 Å². The Hall–Kier alpha value is -1.07. The summed E-state index contributed by atoms with van der Waals surface area (Å²) in [4.78, 5) is 8.32. The molecule has 1 aromatic rings. The molecule has 0 spiro atoms. The number of hydrogen-bond donors (Lipinski definition) is 2. The van der Waals surface area contributed by atoms with Gasteiger partial charge >= 0.3 is 0 Å². The standard InChI is InChI=1S/C17H30N4S/c1-4-21-9-5-7-15(13-21)12-20-17(18-3)19-11-14(2)16-8-6-10-22-16/h6,8,10,14-15H,4-5,7,9,11-13H2,1-3H3,(H2,18,19,20). The Kier molecular flexibility index (Phi) is 7.19. The summed E-state index contributed by atoms with van der Waals surface area (Å²) < 4.78 is 0. The summed E-state index contributed by atoms with van der Waals surface area (Å²) >= 11 is 1.82. The number of nitrogens with one attached hydrogen (secondary N) is 2. The molecule has 1 aromatic heterocycles. The summed E-state index contributed by atoms with van der Waals surface area (Å²) in [6.07, 6.45) is 2.65. The van der Waals surface area contributed by atoms with Gasteiger partial charge in [-0.25, -0.2) is 0 Å². The molecule has 0 bridgehead atoms. The molecule has 1 aliphatic heterocycles. The maximum Gasteiger partial charge on any atom is 0.191 e. The van der Waals surface area contributed by atoms with Crippen LogP contribution in [0.25, 0.3) is 0 Å². The van der Waals surface area contributed by atoms with Crippen molar-refractivity contribution in [2.24, 2.45) is 10.9 Å². The second-order valence-corrected chi connectivity index (χ2v) is 7.13. The molecule has 0 aromatic carbocycles. The highest BCUT2D eigenvalue weighted by Gasteiger charge is 2.18. The van der Waals surface area contributed by atoms with Crippen molar-refractivity contribution in [3.05, 3.63) is 22.4 Å². The molecule has 5 heteroatoms. The lowest BCUT2D eigenvalue weighted by molar-refractivity contribution is 0.183. The smallest absolute Gasteiger partial charge is 0.191 e. The molecule has 2 N–H and O–H groups in total. The Morgan fingerprint density at radius 3 is 3.05 bits per heavy atom. The van der Waals surface area contributed by atoms with Crippen LogP contribution in [-0.4, -0.2) is 50.6 Å². The topological polar surface area (TPSA) is 39.7 Å². The third kappa shape index (κ3) is 5.29. The number of nitrogens with zero attached hydrogens (tertiary/aromatic N) is 2. The van der Waals surface area contributed by atoms with Crippen molar-refractivity contribution in [2.75, 3.05) is 39.8 Å². The lowest BCUT2D eigenvalue weighted by Crippen LogP contribution is -2.45. The van der Waals surface area contributed by atoms with Gasteiger partial charge in [-0.05, 0) is 43.3 Å². The summed E-state index contributed by atoms with van der Waals surface area (Å²) in [6.45, 7) is 10.1. The van der Waals surface area contributed by atoms with Gasteiger partial charge in [0.2, 0.25) is 0 Å². The quantitative estimate of drug-likeness (QED) is 0.625. The number of aliphatic imine (C=N–C) groups is 1. The molecule has 0 amide bonds. The van der Waals surface area contributed by atoms with Crippen molar-refractivity contribution >= 4 is 17.3 Å². The molecule has 0 radical (unpaired) electrons. The SMILES string of the molecule is CCN1CCCC(CNC(=NC)NCC(C)c2cccs2)C1. The second kappa shape index (κ2) is 9.16. The number of piperidine rings is 1. The molecule has 0 aliphatic carbocycles. The first kappa shape index (κ1) is 17.3. The van der Waals surface area contributed by atoms with Gasteiger partial charge in [-0.2, -0.15) is 0 Å². The zero-order chi connectivity index (χ0) is 15.8. The van der Waals surface area contributed by atoms with Gasteiger partial charge in [0.1, 0.15) is 0 Å². The maximum atomic E-state index is 4.35. The first-order chi connectivity index (χ1) is 10.7. The van der Waals surface area contributed by atoms with Crippen molar-refractivity contribution in [3.8, 4) is 0 Å². The van der Waals surface area contributed by atoms with Gasteiger partial charge in [0.15, 0.2) is 5.96 Å². The fraction of sp³-hybridized carbons (Fsp3) is 0.706. The predicted octanol–water partition coefficient (Wildman–Crippen LogP) is 2.75. The van der Waals surface area contributed by atoms with Crippen molar-refractivity contribution in [3.63, 3.8) is 0 Å². The summed E-state index contributed by atoms with van der Waals surface area (Å²) in [5, 5.41) is 9.09. The second-order valence-electron chi connectivity index (χ2n) is 6.15. The molecule has 4 nitrogen and oxygen atoms in total. The first-order valence-electron chi connectivity index (χ1n) is 8.43. The zero-order valence-electron chi connectivity index (χ0n) is 14.1. The van der Waals surface area contributed by atoms with Gasteiger partial charge in [-0.1, -0.05) is 19.9 Å². The normalized spacial score (nSPS) is 21.6. The van der Waals surface area contributed by atoms with E-state index in [1.165, 1.54) is 37.4 Å².